The molecule has 0 radical (unpaired) electrons. The number of pyridine rings is 1. The fraction of sp³-hybridized carbons (Fsp3) is 0.333. The van der Waals surface area contributed by atoms with Gasteiger partial charge in [0, 0.05) is 38.7 Å². The van der Waals surface area contributed by atoms with E-state index in [0.29, 0.717) is 62.8 Å². The summed E-state index contributed by atoms with van der Waals surface area (Å²) in [5.74, 6) is -0.0396. The van der Waals surface area contributed by atoms with Crippen molar-refractivity contribution < 1.29 is 32.0 Å². The highest BCUT2D eigenvalue weighted by Crippen LogP contribution is 2.32. The largest absolute Gasteiger partial charge is 1.00 e. The minimum atomic E-state index is -0.592. The first-order valence-corrected chi connectivity index (χ1v) is 12.6. The molecule has 2 aliphatic heterocycles. The monoisotopic (exact) mass is 536 g/mol. The molecular formula is C27H29ClN6O4. The number of hydrogen-bond acceptors (Lipinski definition) is 6. The number of rotatable bonds is 5. The van der Waals surface area contributed by atoms with E-state index in [4.69, 9.17) is 9.72 Å². The van der Waals surface area contributed by atoms with Gasteiger partial charge in [0.05, 0.1) is 24.6 Å². The lowest BCUT2D eigenvalue weighted by molar-refractivity contribution is -0.362. The van der Waals surface area contributed by atoms with E-state index >= 15 is 0 Å². The molecule has 4 aromatic rings. The van der Waals surface area contributed by atoms with Gasteiger partial charge in [0.15, 0.2) is 5.65 Å². The number of aromatic hydroxyl groups is 1. The minimum Gasteiger partial charge on any atom is -1.00 e. The molecule has 1 amide bonds. The molecule has 0 bridgehead atoms. The summed E-state index contributed by atoms with van der Waals surface area (Å²) in [5, 5.41) is 10.9. The molecule has 3 aromatic heterocycles. The second-order valence-corrected chi connectivity index (χ2v) is 9.62. The molecule has 11 heteroatoms. The van der Waals surface area contributed by atoms with Crippen LogP contribution < -0.4 is 32.8 Å². The molecule has 5 heterocycles. The number of nitrogens with one attached hydrogen (secondary N) is 2. The van der Waals surface area contributed by atoms with E-state index < -0.39 is 11.3 Å². The Labute approximate surface area is 225 Å². The van der Waals surface area contributed by atoms with Crippen molar-refractivity contribution in [2.45, 2.75) is 26.2 Å². The summed E-state index contributed by atoms with van der Waals surface area (Å²) < 4.78 is 6.82. The molecule has 38 heavy (non-hydrogen) atoms. The Morgan fingerprint density at radius 2 is 1.89 bits per heavy atom. The van der Waals surface area contributed by atoms with E-state index in [9.17, 15) is 14.7 Å². The first-order valence-electron chi connectivity index (χ1n) is 12.6. The van der Waals surface area contributed by atoms with Crippen LogP contribution in [0, 0.1) is 6.92 Å². The molecule has 0 spiro atoms. The van der Waals surface area contributed by atoms with Crippen LogP contribution in [0.4, 0.5) is 11.4 Å². The third-order valence-corrected chi connectivity index (χ3v) is 7.04. The van der Waals surface area contributed by atoms with Crippen molar-refractivity contribution in [1.29, 1.82) is 0 Å². The molecule has 1 aromatic carbocycles. The molecule has 2 aliphatic rings. The predicted octanol–water partition coefficient (Wildman–Crippen LogP) is -0.924. The molecule has 0 aliphatic carbocycles. The fourth-order valence-electron chi connectivity index (χ4n) is 5.01. The van der Waals surface area contributed by atoms with E-state index in [1.165, 1.54) is 9.96 Å². The van der Waals surface area contributed by atoms with Crippen LogP contribution in [0.1, 0.15) is 29.7 Å². The first-order chi connectivity index (χ1) is 18.0. The molecule has 2 fully saturated rings. The van der Waals surface area contributed by atoms with Crippen LogP contribution in [0.2, 0.25) is 0 Å². The summed E-state index contributed by atoms with van der Waals surface area (Å²) in [4.78, 5) is 41.1. The number of imidazole rings is 1. The number of anilines is 2. The van der Waals surface area contributed by atoms with Crippen molar-refractivity contribution in [3.8, 4) is 17.3 Å². The standard InChI is InChI=1S/C27H28N6O4.ClH/c1-17-4-6-18(7-5-17)13-19-15-28-25(29-19)23-24(35)27(36)33-16-20(31-9-11-37-12-10-31)14-21(26(33)30-23)32-8-2-3-22(32)34;/h4-7,14-16,35H,2-3,8-13H2,1H3,(H,28,29);1H. The highest BCUT2D eigenvalue weighted by molar-refractivity contribution is 5.99. The van der Waals surface area contributed by atoms with Crippen LogP contribution in [0.3, 0.4) is 0 Å². The molecule has 6 rings (SSSR count). The Kier molecular flexibility index (Phi) is 7.09. The number of carbonyl (C=O) groups excluding carboxylic acids is 1. The molecule has 0 saturated carbocycles. The van der Waals surface area contributed by atoms with Crippen LogP contribution in [-0.4, -0.2) is 58.2 Å². The number of fused-ring (bicyclic) bond motifs is 1. The Morgan fingerprint density at radius 3 is 2.61 bits per heavy atom. The zero-order valence-electron chi connectivity index (χ0n) is 21.0. The van der Waals surface area contributed by atoms with E-state index in [1.54, 1.807) is 11.1 Å². The summed E-state index contributed by atoms with van der Waals surface area (Å²) in [6, 6.07) is 10.2. The topological polar surface area (TPSA) is 117 Å². The van der Waals surface area contributed by atoms with Crippen LogP contribution in [0.5, 0.6) is 5.75 Å². The number of nitrogens with zero attached hydrogens (tertiary/aromatic N) is 4. The second-order valence-electron chi connectivity index (χ2n) is 9.62. The lowest BCUT2D eigenvalue weighted by Crippen LogP contribution is -3.00. The van der Waals surface area contributed by atoms with Gasteiger partial charge in [0.25, 0.3) is 0 Å². The number of halogens is 1. The van der Waals surface area contributed by atoms with Gasteiger partial charge < -0.3 is 32.1 Å². The molecule has 10 nitrogen and oxygen atoms in total. The molecule has 0 atom stereocenters. The number of aryl methyl sites for hydroxylation is 1. The third kappa shape index (κ3) is 4.72. The number of hydrogen-bond donors (Lipinski definition) is 2. The lowest BCUT2D eigenvalue weighted by atomic mass is 10.1. The van der Waals surface area contributed by atoms with Crippen molar-refractivity contribution in [1.82, 2.24) is 14.4 Å². The quantitative estimate of drug-likeness (QED) is 0.340. The van der Waals surface area contributed by atoms with Crippen molar-refractivity contribution in [2.75, 3.05) is 42.6 Å². The summed E-state index contributed by atoms with van der Waals surface area (Å²) in [7, 11) is 0. The smallest absolute Gasteiger partial charge is 0.307 e. The Morgan fingerprint density at radius 1 is 1.13 bits per heavy atom. The van der Waals surface area contributed by atoms with Crippen molar-refractivity contribution >= 4 is 22.9 Å². The maximum atomic E-state index is 13.4. The second kappa shape index (κ2) is 10.5. The molecular weight excluding hydrogens is 508 g/mol. The average molecular weight is 537 g/mol. The van der Waals surface area contributed by atoms with Crippen LogP contribution in [0.25, 0.3) is 17.2 Å². The average Bonchev–Trinajstić information content (AvgIpc) is 3.56. The van der Waals surface area contributed by atoms with Gasteiger partial charge in [-0.05, 0) is 25.0 Å². The Balaban J connectivity index is 0.00000294. The van der Waals surface area contributed by atoms with Gasteiger partial charge in [0.2, 0.25) is 17.4 Å². The van der Waals surface area contributed by atoms with Crippen LogP contribution in [-0.2, 0) is 16.0 Å². The Hall–Kier alpha value is -3.89. The predicted molar refractivity (Wildman–Crippen MR) is 138 cm³/mol. The molecule has 2 saturated heterocycles. The van der Waals surface area contributed by atoms with Gasteiger partial charge >= 0.3 is 11.4 Å². The van der Waals surface area contributed by atoms with Crippen molar-refractivity contribution in [3.63, 3.8) is 0 Å². The summed E-state index contributed by atoms with van der Waals surface area (Å²) >= 11 is 0. The molecule has 3 N–H and O–H groups in total. The zero-order chi connectivity index (χ0) is 25.5. The fourth-order valence-corrected chi connectivity index (χ4v) is 5.01. The minimum absolute atomic E-state index is 0. The normalized spacial score (nSPS) is 15.8. The van der Waals surface area contributed by atoms with Crippen molar-refractivity contribution in [3.05, 3.63) is 69.9 Å². The SMILES string of the molecule is Cc1ccc(Cc2c[nH+]c(-c3nc4c(N5CCCC5=O)cc(N5CCOCC5)cn4c(=O)c3O)[nH]2)cc1.[Cl-]. The van der Waals surface area contributed by atoms with Gasteiger partial charge in [-0.1, -0.05) is 29.8 Å². The molecule has 198 valence electrons. The van der Waals surface area contributed by atoms with Crippen LogP contribution >= 0.6 is 0 Å². The van der Waals surface area contributed by atoms with Gasteiger partial charge in [0.1, 0.15) is 11.9 Å². The lowest BCUT2D eigenvalue weighted by Gasteiger charge is -2.30. The highest BCUT2D eigenvalue weighted by atomic mass is 35.5. The number of benzene rings is 1. The van der Waals surface area contributed by atoms with Crippen LogP contribution in [0.15, 0.2) is 47.5 Å². The van der Waals surface area contributed by atoms with E-state index in [2.05, 4.69) is 39.1 Å². The summed E-state index contributed by atoms with van der Waals surface area (Å²) in [6.07, 6.45) is 5.35. The third-order valence-electron chi connectivity index (χ3n) is 7.04. The zero-order valence-corrected chi connectivity index (χ0v) is 21.8. The first kappa shape index (κ1) is 25.7. The number of morpholine rings is 1. The number of carbonyl (C=O) groups is 1. The maximum Gasteiger partial charge on any atom is 0.307 e. The highest BCUT2D eigenvalue weighted by Gasteiger charge is 2.29. The van der Waals surface area contributed by atoms with E-state index in [1.807, 2.05) is 19.2 Å². The summed E-state index contributed by atoms with van der Waals surface area (Å²) in [5.41, 5.74) is 4.42. The van der Waals surface area contributed by atoms with Gasteiger partial charge in [-0.15, -0.1) is 0 Å². The number of aromatic amines is 2. The van der Waals surface area contributed by atoms with E-state index in [0.717, 1.165) is 23.4 Å². The molecule has 0 unspecified atom stereocenters. The van der Waals surface area contributed by atoms with Gasteiger partial charge in [-0.2, -0.15) is 0 Å². The van der Waals surface area contributed by atoms with E-state index in [-0.39, 0.29) is 24.0 Å². The Bertz CT molecular complexity index is 1540. The number of aromatic nitrogens is 4. The number of ether oxygens (including phenoxy) is 1. The maximum absolute atomic E-state index is 13.4. The summed E-state index contributed by atoms with van der Waals surface area (Å²) in [6.45, 7) is 5.12. The van der Waals surface area contributed by atoms with Crippen molar-refractivity contribution in [2.24, 2.45) is 0 Å². The number of amides is 1. The van der Waals surface area contributed by atoms with Gasteiger partial charge in [-0.25, -0.2) is 15.0 Å². The van der Waals surface area contributed by atoms with Gasteiger partial charge in [-0.3, -0.25) is 14.0 Å². The number of H-pyrrole nitrogens is 2.